The Hall–Kier alpha value is -3.51. The molecule has 2 aromatic rings. The van der Waals surface area contributed by atoms with Crippen molar-refractivity contribution in [2.24, 2.45) is 0 Å². The number of nitrogens with one attached hydrogen (secondary N) is 1. The van der Waals surface area contributed by atoms with Crippen LogP contribution in [0.4, 0.5) is 20.6 Å². The molecule has 33 heavy (non-hydrogen) atoms. The number of piperidine rings is 1. The van der Waals surface area contributed by atoms with Crippen molar-refractivity contribution in [3.63, 3.8) is 0 Å². The number of hydrogen-bond donors (Lipinski definition) is 1. The molecule has 3 heterocycles. The van der Waals surface area contributed by atoms with Gasteiger partial charge in [-0.25, -0.2) is 9.18 Å². The number of aromatic nitrogens is 1. The normalized spacial score (nSPS) is 18.0. The van der Waals surface area contributed by atoms with Crippen molar-refractivity contribution in [3.05, 3.63) is 59.7 Å². The Morgan fingerprint density at radius 1 is 1.33 bits per heavy atom. The van der Waals surface area contributed by atoms with Gasteiger partial charge in [0, 0.05) is 19.3 Å². The lowest BCUT2D eigenvalue weighted by molar-refractivity contribution is 0.143. The number of carbonyl (C=O) groups excluding carboxylic acids is 1. The first-order valence-corrected chi connectivity index (χ1v) is 11.2. The van der Waals surface area contributed by atoms with Gasteiger partial charge < -0.3 is 15.0 Å². The number of carbonyl (C=O) groups is 1. The van der Waals surface area contributed by atoms with Crippen LogP contribution in [0, 0.1) is 17.1 Å². The van der Waals surface area contributed by atoms with Crippen LogP contribution in [0.25, 0.3) is 5.57 Å². The predicted octanol–water partition coefficient (Wildman–Crippen LogP) is 4.06. The molecule has 0 aliphatic carbocycles. The van der Waals surface area contributed by atoms with Crippen molar-refractivity contribution < 1.29 is 13.9 Å². The smallest absolute Gasteiger partial charge is 0.414 e. The van der Waals surface area contributed by atoms with Crippen LogP contribution in [0.2, 0.25) is 0 Å². The Morgan fingerprint density at radius 2 is 2.12 bits per heavy atom. The Morgan fingerprint density at radius 3 is 2.76 bits per heavy atom. The second-order valence-electron chi connectivity index (χ2n) is 7.98. The standard InChI is InChI=1S/C24H24FN5O2S/c1-16(33)28-14-19-15-30(24(31)32-19)18-5-6-23(21(25)12-18)29-10-7-17(8-11-29)20(13-26)22-4-2-3-9-27-22/h2-6,9,12,19H,7-8,10-11,14-15H2,1H3,(H,28,33). The summed E-state index contributed by atoms with van der Waals surface area (Å²) in [6.45, 7) is 3.71. The highest BCUT2D eigenvalue weighted by Gasteiger charge is 2.33. The number of ether oxygens (including phenoxy) is 1. The number of benzene rings is 1. The lowest BCUT2D eigenvalue weighted by Crippen LogP contribution is -2.33. The van der Waals surface area contributed by atoms with E-state index >= 15 is 4.39 Å². The first-order valence-electron chi connectivity index (χ1n) is 10.8. The number of nitrogens with zero attached hydrogens (tertiary/aromatic N) is 4. The molecule has 2 aliphatic heterocycles. The molecule has 1 N–H and O–H groups in total. The third-order valence-corrected chi connectivity index (χ3v) is 5.93. The predicted molar refractivity (Wildman–Crippen MR) is 129 cm³/mol. The van der Waals surface area contributed by atoms with Crippen LogP contribution >= 0.6 is 12.2 Å². The van der Waals surface area contributed by atoms with Gasteiger partial charge in [-0.2, -0.15) is 5.26 Å². The van der Waals surface area contributed by atoms with E-state index in [0.717, 1.165) is 5.57 Å². The summed E-state index contributed by atoms with van der Waals surface area (Å²) in [5.74, 6) is -0.394. The summed E-state index contributed by atoms with van der Waals surface area (Å²) < 4.78 is 20.4. The molecular formula is C24H24FN5O2S. The summed E-state index contributed by atoms with van der Waals surface area (Å²) in [7, 11) is 0. The minimum atomic E-state index is -0.498. The van der Waals surface area contributed by atoms with Gasteiger partial charge in [0.2, 0.25) is 0 Å². The van der Waals surface area contributed by atoms with Gasteiger partial charge in [-0.05, 0) is 55.7 Å². The summed E-state index contributed by atoms with van der Waals surface area (Å²) in [5, 5.41) is 12.6. The van der Waals surface area contributed by atoms with E-state index in [4.69, 9.17) is 17.0 Å². The van der Waals surface area contributed by atoms with Gasteiger partial charge >= 0.3 is 6.09 Å². The van der Waals surface area contributed by atoms with Gasteiger partial charge in [0.05, 0.1) is 40.7 Å². The average molecular weight is 466 g/mol. The number of pyridine rings is 1. The maximum atomic E-state index is 15.0. The summed E-state index contributed by atoms with van der Waals surface area (Å²) in [6.07, 6.45) is 2.15. The summed E-state index contributed by atoms with van der Waals surface area (Å²) >= 11 is 4.99. The Balaban J connectivity index is 1.43. The number of allylic oxidation sites excluding steroid dienone is 1. The lowest BCUT2D eigenvalue weighted by atomic mass is 9.96. The topological polar surface area (TPSA) is 81.5 Å². The number of cyclic esters (lactones) is 1. The van der Waals surface area contributed by atoms with Gasteiger partial charge in [0.25, 0.3) is 0 Å². The van der Waals surface area contributed by atoms with Crippen LogP contribution in [0.1, 0.15) is 25.5 Å². The van der Waals surface area contributed by atoms with Crippen molar-refractivity contribution in [2.75, 3.05) is 36.0 Å². The molecule has 1 aromatic heterocycles. The van der Waals surface area contributed by atoms with Gasteiger partial charge in [0.1, 0.15) is 18.0 Å². The van der Waals surface area contributed by atoms with Crippen LogP contribution in [-0.4, -0.2) is 48.3 Å². The maximum Gasteiger partial charge on any atom is 0.414 e. The molecule has 1 aromatic carbocycles. The van der Waals surface area contributed by atoms with Crippen LogP contribution in [0.3, 0.4) is 0 Å². The molecule has 2 aliphatic rings. The first-order chi connectivity index (χ1) is 16.0. The molecule has 0 spiro atoms. The molecule has 1 amide bonds. The van der Waals surface area contributed by atoms with E-state index in [-0.39, 0.29) is 6.10 Å². The summed E-state index contributed by atoms with van der Waals surface area (Å²) in [6, 6.07) is 12.6. The van der Waals surface area contributed by atoms with Crippen molar-refractivity contribution in [1.29, 1.82) is 5.26 Å². The molecule has 0 bridgehead atoms. The van der Waals surface area contributed by atoms with E-state index in [0.29, 0.717) is 66.7 Å². The van der Waals surface area contributed by atoms with Crippen molar-refractivity contribution in [1.82, 2.24) is 10.3 Å². The third kappa shape index (κ3) is 5.12. The van der Waals surface area contributed by atoms with Crippen molar-refractivity contribution in [2.45, 2.75) is 25.9 Å². The first kappa shape index (κ1) is 22.7. The van der Waals surface area contributed by atoms with E-state index in [1.54, 1.807) is 25.3 Å². The van der Waals surface area contributed by atoms with Gasteiger partial charge in [-0.1, -0.05) is 18.3 Å². The average Bonchev–Trinajstić information content (AvgIpc) is 3.20. The van der Waals surface area contributed by atoms with Crippen LogP contribution in [0.5, 0.6) is 0 Å². The minimum absolute atomic E-state index is 0.329. The fraction of sp³-hybridized carbons (Fsp3) is 0.333. The van der Waals surface area contributed by atoms with Gasteiger partial charge in [-0.3, -0.25) is 9.88 Å². The molecule has 170 valence electrons. The van der Waals surface area contributed by atoms with E-state index in [1.807, 2.05) is 23.1 Å². The molecule has 0 saturated carbocycles. The second-order valence-corrected chi connectivity index (χ2v) is 8.59. The Bertz CT molecular complexity index is 1120. The number of anilines is 2. The zero-order chi connectivity index (χ0) is 23.4. The molecule has 1 unspecified atom stereocenters. The van der Waals surface area contributed by atoms with E-state index in [1.165, 1.54) is 11.0 Å². The molecule has 7 nitrogen and oxygen atoms in total. The highest BCUT2D eigenvalue weighted by molar-refractivity contribution is 7.80. The lowest BCUT2D eigenvalue weighted by Gasteiger charge is -2.31. The Kier molecular flexibility index (Phi) is 6.84. The maximum absolute atomic E-state index is 15.0. The highest BCUT2D eigenvalue weighted by Crippen LogP contribution is 2.32. The minimum Gasteiger partial charge on any atom is -0.442 e. The number of nitriles is 1. The molecular weight excluding hydrogens is 441 g/mol. The van der Waals surface area contributed by atoms with Crippen molar-refractivity contribution in [3.8, 4) is 6.07 Å². The molecule has 1 atom stereocenters. The van der Waals surface area contributed by atoms with Crippen LogP contribution < -0.4 is 15.1 Å². The third-order valence-electron chi connectivity index (χ3n) is 5.79. The molecule has 4 rings (SSSR count). The van der Waals surface area contributed by atoms with Crippen molar-refractivity contribution >= 4 is 40.2 Å². The number of thiocarbonyl (C=S) groups is 1. The molecule has 2 saturated heterocycles. The number of halogens is 1. The number of rotatable bonds is 5. The van der Waals surface area contributed by atoms with Crippen LogP contribution in [0.15, 0.2) is 48.2 Å². The van der Waals surface area contributed by atoms with Crippen LogP contribution in [-0.2, 0) is 4.74 Å². The number of amides is 1. The summed E-state index contributed by atoms with van der Waals surface area (Å²) in [4.78, 5) is 20.6. The summed E-state index contributed by atoms with van der Waals surface area (Å²) in [5.41, 5.74) is 3.26. The Labute approximate surface area is 197 Å². The van der Waals surface area contributed by atoms with E-state index < -0.39 is 11.9 Å². The largest absolute Gasteiger partial charge is 0.442 e. The zero-order valence-corrected chi connectivity index (χ0v) is 19.1. The second kappa shape index (κ2) is 9.96. The molecule has 2 fully saturated rings. The fourth-order valence-electron chi connectivity index (χ4n) is 4.11. The van der Waals surface area contributed by atoms with E-state index in [9.17, 15) is 10.1 Å². The number of hydrogen-bond acceptors (Lipinski definition) is 6. The SMILES string of the molecule is CC(=S)NCC1CN(c2ccc(N3CCC(=C(C#N)c4ccccn4)CC3)c(F)c2)C(=O)O1. The monoisotopic (exact) mass is 465 g/mol. The van der Waals surface area contributed by atoms with Gasteiger partial charge in [0.15, 0.2) is 0 Å². The zero-order valence-electron chi connectivity index (χ0n) is 18.3. The molecule has 0 radical (unpaired) electrons. The highest BCUT2D eigenvalue weighted by atomic mass is 32.1. The van der Waals surface area contributed by atoms with Gasteiger partial charge in [-0.15, -0.1) is 0 Å². The fourth-order valence-corrected chi connectivity index (χ4v) is 4.20. The molecule has 9 heteroatoms. The quantitative estimate of drug-likeness (QED) is 0.527. The van der Waals surface area contributed by atoms with E-state index in [2.05, 4.69) is 16.4 Å².